The van der Waals surface area contributed by atoms with E-state index >= 15 is 0 Å². The van der Waals surface area contributed by atoms with Crippen molar-refractivity contribution in [3.05, 3.63) is 34.9 Å². The number of carbonyl (C=O) groups excluding carboxylic acids is 1. The molecule has 1 unspecified atom stereocenters. The lowest BCUT2D eigenvalue weighted by molar-refractivity contribution is -0.118. The van der Waals surface area contributed by atoms with E-state index in [-0.39, 0.29) is 0 Å². The van der Waals surface area contributed by atoms with Gasteiger partial charge in [-0.05, 0) is 49.9 Å². The molecule has 1 atom stereocenters. The van der Waals surface area contributed by atoms with Crippen molar-refractivity contribution in [3.63, 3.8) is 0 Å². The molecule has 0 aliphatic carbocycles. The molecule has 18 heavy (non-hydrogen) atoms. The maximum absolute atomic E-state index is 11.9. The summed E-state index contributed by atoms with van der Waals surface area (Å²) in [6, 6.07) is 7.60. The number of halogens is 1. The van der Waals surface area contributed by atoms with Crippen LogP contribution >= 0.6 is 11.6 Å². The molecule has 1 aliphatic heterocycles. The molecule has 0 spiro atoms. The van der Waals surface area contributed by atoms with Crippen molar-refractivity contribution in [2.75, 3.05) is 13.1 Å². The maximum atomic E-state index is 11.9. The van der Waals surface area contributed by atoms with Crippen molar-refractivity contribution >= 4 is 17.4 Å². The van der Waals surface area contributed by atoms with Crippen LogP contribution in [0.2, 0.25) is 5.02 Å². The van der Waals surface area contributed by atoms with Crippen molar-refractivity contribution in [1.82, 2.24) is 5.32 Å². The maximum Gasteiger partial charge on any atom is 0.137 e. The van der Waals surface area contributed by atoms with E-state index in [0.717, 1.165) is 25.1 Å². The summed E-state index contributed by atoms with van der Waals surface area (Å²) in [6.45, 7) is 2.20. The van der Waals surface area contributed by atoms with Crippen molar-refractivity contribution in [2.45, 2.75) is 32.1 Å². The molecule has 1 N–H and O–H groups in total. The van der Waals surface area contributed by atoms with E-state index in [4.69, 9.17) is 11.6 Å². The van der Waals surface area contributed by atoms with Crippen LogP contribution in [0.5, 0.6) is 0 Å². The Labute approximate surface area is 114 Å². The number of piperidine rings is 1. The van der Waals surface area contributed by atoms with E-state index in [1.165, 1.54) is 12.8 Å². The topological polar surface area (TPSA) is 29.1 Å². The van der Waals surface area contributed by atoms with Crippen LogP contribution in [0.25, 0.3) is 0 Å². The molecular formula is C15H20ClNO. The van der Waals surface area contributed by atoms with Crippen LogP contribution in [0.3, 0.4) is 0 Å². The smallest absolute Gasteiger partial charge is 0.137 e. The Morgan fingerprint density at radius 2 is 2.22 bits per heavy atom. The minimum atomic E-state index is 0.300. The van der Waals surface area contributed by atoms with Crippen LogP contribution in [0, 0.1) is 5.92 Å². The van der Waals surface area contributed by atoms with Crippen molar-refractivity contribution in [3.8, 4) is 0 Å². The number of hydrogen-bond donors (Lipinski definition) is 1. The Hall–Kier alpha value is -0.860. The summed E-state index contributed by atoms with van der Waals surface area (Å²) < 4.78 is 0. The number of benzene rings is 1. The van der Waals surface area contributed by atoms with Gasteiger partial charge in [0.05, 0.1) is 0 Å². The van der Waals surface area contributed by atoms with Gasteiger partial charge < -0.3 is 5.32 Å². The third-order valence-electron chi connectivity index (χ3n) is 3.58. The minimum Gasteiger partial charge on any atom is -0.316 e. The summed E-state index contributed by atoms with van der Waals surface area (Å²) >= 11 is 6.05. The summed E-state index contributed by atoms with van der Waals surface area (Å²) in [4.78, 5) is 11.9. The van der Waals surface area contributed by atoms with E-state index in [1.54, 1.807) is 0 Å². The molecule has 0 aromatic heterocycles. The minimum absolute atomic E-state index is 0.300. The van der Waals surface area contributed by atoms with Crippen molar-refractivity contribution in [2.24, 2.45) is 5.92 Å². The van der Waals surface area contributed by atoms with E-state index in [2.05, 4.69) is 5.32 Å². The van der Waals surface area contributed by atoms with Gasteiger partial charge in [0, 0.05) is 17.9 Å². The molecule has 1 aromatic carbocycles. The van der Waals surface area contributed by atoms with Crippen LogP contribution in [0.1, 0.15) is 31.2 Å². The lowest BCUT2D eigenvalue weighted by atomic mass is 9.92. The summed E-state index contributed by atoms with van der Waals surface area (Å²) in [7, 11) is 0. The van der Waals surface area contributed by atoms with Gasteiger partial charge in [-0.1, -0.05) is 29.8 Å². The second kappa shape index (κ2) is 6.91. The van der Waals surface area contributed by atoms with Gasteiger partial charge in [-0.2, -0.15) is 0 Å². The van der Waals surface area contributed by atoms with Crippen LogP contribution in [-0.2, 0) is 11.2 Å². The molecule has 1 fully saturated rings. The summed E-state index contributed by atoms with van der Waals surface area (Å²) in [5.74, 6) is 0.975. The Bertz CT molecular complexity index is 399. The third kappa shape index (κ3) is 4.11. The lowest BCUT2D eigenvalue weighted by Gasteiger charge is -2.22. The Morgan fingerprint density at radius 3 is 2.94 bits per heavy atom. The molecule has 1 aromatic rings. The van der Waals surface area contributed by atoms with Gasteiger partial charge in [0.2, 0.25) is 0 Å². The van der Waals surface area contributed by atoms with E-state index in [9.17, 15) is 4.79 Å². The first-order chi connectivity index (χ1) is 8.75. The molecular weight excluding hydrogens is 246 g/mol. The average Bonchev–Trinajstić information content (AvgIpc) is 2.40. The molecule has 1 heterocycles. The molecule has 3 heteroatoms. The van der Waals surface area contributed by atoms with E-state index in [0.29, 0.717) is 29.6 Å². The van der Waals surface area contributed by atoms with E-state index < -0.39 is 0 Å². The SMILES string of the molecule is O=C(CCC1CCCNC1)Cc1ccccc1Cl. The Kier molecular flexibility index (Phi) is 5.21. The van der Waals surface area contributed by atoms with Crippen LogP contribution < -0.4 is 5.32 Å². The average molecular weight is 266 g/mol. The van der Waals surface area contributed by atoms with Gasteiger partial charge >= 0.3 is 0 Å². The predicted molar refractivity (Wildman–Crippen MR) is 75.0 cm³/mol. The van der Waals surface area contributed by atoms with Crippen LogP contribution in [-0.4, -0.2) is 18.9 Å². The fourth-order valence-corrected chi connectivity index (χ4v) is 2.68. The standard InChI is InChI=1S/C15H20ClNO/c16-15-6-2-1-5-13(15)10-14(18)8-7-12-4-3-9-17-11-12/h1-2,5-6,12,17H,3-4,7-11H2. The molecule has 0 bridgehead atoms. The number of carbonyl (C=O) groups is 1. The molecule has 98 valence electrons. The molecule has 0 radical (unpaired) electrons. The molecule has 2 rings (SSSR count). The first kappa shape index (κ1) is 13.6. The molecule has 0 saturated carbocycles. The molecule has 0 amide bonds. The third-order valence-corrected chi connectivity index (χ3v) is 3.94. The number of ketones is 1. The highest BCUT2D eigenvalue weighted by Crippen LogP contribution is 2.19. The van der Waals surface area contributed by atoms with Crippen molar-refractivity contribution < 1.29 is 4.79 Å². The van der Waals surface area contributed by atoms with Crippen molar-refractivity contribution in [1.29, 1.82) is 0 Å². The normalized spacial score (nSPS) is 19.7. The fourth-order valence-electron chi connectivity index (χ4n) is 2.48. The Morgan fingerprint density at radius 1 is 1.39 bits per heavy atom. The Balaban J connectivity index is 1.76. The van der Waals surface area contributed by atoms with Crippen LogP contribution in [0.4, 0.5) is 0 Å². The van der Waals surface area contributed by atoms with Gasteiger partial charge in [0.25, 0.3) is 0 Å². The second-order valence-electron chi connectivity index (χ2n) is 5.06. The zero-order valence-corrected chi connectivity index (χ0v) is 11.4. The zero-order valence-electron chi connectivity index (χ0n) is 10.6. The highest BCUT2D eigenvalue weighted by Gasteiger charge is 2.15. The number of hydrogen-bond acceptors (Lipinski definition) is 2. The summed E-state index contributed by atoms with van der Waals surface area (Å²) in [6.07, 6.45) is 4.66. The van der Waals surface area contributed by atoms with E-state index in [1.807, 2.05) is 24.3 Å². The predicted octanol–water partition coefficient (Wildman–Crippen LogP) is 3.23. The monoisotopic (exact) mass is 265 g/mol. The quantitative estimate of drug-likeness (QED) is 0.886. The van der Waals surface area contributed by atoms with Gasteiger partial charge in [-0.15, -0.1) is 0 Å². The summed E-state index contributed by atoms with van der Waals surface area (Å²) in [5.41, 5.74) is 0.950. The number of nitrogens with one attached hydrogen (secondary N) is 1. The summed E-state index contributed by atoms with van der Waals surface area (Å²) in [5, 5.41) is 4.08. The number of Topliss-reactive ketones (excluding diaryl/α,β-unsaturated/α-hetero) is 1. The first-order valence-corrected chi connectivity index (χ1v) is 7.09. The highest BCUT2D eigenvalue weighted by molar-refractivity contribution is 6.31. The fraction of sp³-hybridized carbons (Fsp3) is 0.533. The molecule has 1 saturated heterocycles. The zero-order chi connectivity index (χ0) is 12.8. The van der Waals surface area contributed by atoms with Gasteiger partial charge in [0.15, 0.2) is 0 Å². The largest absolute Gasteiger partial charge is 0.316 e. The van der Waals surface area contributed by atoms with Gasteiger partial charge in [-0.25, -0.2) is 0 Å². The lowest BCUT2D eigenvalue weighted by Crippen LogP contribution is -2.30. The second-order valence-corrected chi connectivity index (χ2v) is 5.47. The number of rotatable bonds is 5. The van der Waals surface area contributed by atoms with Gasteiger partial charge in [0.1, 0.15) is 5.78 Å². The van der Waals surface area contributed by atoms with Gasteiger partial charge in [-0.3, -0.25) is 4.79 Å². The van der Waals surface area contributed by atoms with Crippen LogP contribution in [0.15, 0.2) is 24.3 Å². The highest BCUT2D eigenvalue weighted by atomic mass is 35.5. The molecule has 1 aliphatic rings. The molecule has 2 nitrogen and oxygen atoms in total. The first-order valence-electron chi connectivity index (χ1n) is 6.71.